The lowest BCUT2D eigenvalue weighted by Gasteiger charge is -2.12. The first kappa shape index (κ1) is 12.1. The van der Waals surface area contributed by atoms with Gasteiger partial charge in [0.1, 0.15) is 11.9 Å². The molecule has 2 aromatic rings. The van der Waals surface area contributed by atoms with Crippen molar-refractivity contribution in [2.45, 2.75) is 13.0 Å². The highest BCUT2D eigenvalue weighted by molar-refractivity contribution is 7.10. The SMILES string of the molecule is Cc1sccc1C(O)c1cc(F)c(F)cc1F. The van der Waals surface area contributed by atoms with Gasteiger partial charge in [0.2, 0.25) is 0 Å². The van der Waals surface area contributed by atoms with Crippen LogP contribution >= 0.6 is 11.3 Å². The predicted octanol–water partition coefficient (Wildman–Crippen LogP) is 3.56. The van der Waals surface area contributed by atoms with E-state index in [0.29, 0.717) is 17.7 Å². The quantitative estimate of drug-likeness (QED) is 0.817. The van der Waals surface area contributed by atoms with Gasteiger partial charge >= 0.3 is 0 Å². The van der Waals surface area contributed by atoms with Crippen LogP contribution in [0.3, 0.4) is 0 Å². The van der Waals surface area contributed by atoms with E-state index in [9.17, 15) is 18.3 Å². The zero-order valence-electron chi connectivity index (χ0n) is 8.88. The molecular weight excluding hydrogens is 249 g/mol. The molecule has 0 spiro atoms. The van der Waals surface area contributed by atoms with Gasteiger partial charge in [0, 0.05) is 16.5 Å². The number of rotatable bonds is 2. The fourth-order valence-electron chi connectivity index (χ4n) is 1.59. The molecule has 1 aromatic heterocycles. The Balaban J connectivity index is 2.48. The predicted molar refractivity (Wildman–Crippen MR) is 59.4 cm³/mol. The molecule has 1 aromatic carbocycles. The molecule has 0 fully saturated rings. The second kappa shape index (κ2) is 4.50. The maximum absolute atomic E-state index is 13.4. The van der Waals surface area contributed by atoms with Crippen LogP contribution in [0.15, 0.2) is 23.6 Å². The topological polar surface area (TPSA) is 20.2 Å². The average molecular weight is 258 g/mol. The van der Waals surface area contributed by atoms with Gasteiger partial charge < -0.3 is 5.11 Å². The second-order valence-electron chi connectivity index (χ2n) is 3.62. The minimum Gasteiger partial charge on any atom is -0.384 e. The van der Waals surface area contributed by atoms with Gasteiger partial charge in [-0.25, -0.2) is 13.2 Å². The molecule has 0 aliphatic heterocycles. The summed E-state index contributed by atoms with van der Waals surface area (Å²) in [6, 6.07) is 2.76. The van der Waals surface area contributed by atoms with Gasteiger partial charge in [0.05, 0.1) is 0 Å². The van der Waals surface area contributed by atoms with Gasteiger partial charge in [-0.05, 0) is 30.0 Å². The van der Waals surface area contributed by atoms with E-state index in [4.69, 9.17) is 0 Å². The summed E-state index contributed by atoms with van der Waals surface area (Å²) in [6.45, 7) is 1.76. The third-order valence-electron chi connectivity index (χ3n) is 2.53. The Hall–Kier alpha value is -1.33. The number of hydrogen-bond donors (Lipinski definition) is 1. The molecule has 0 amide bonds. The molecule has 1 N–H and O–H groups in total. The van der Waals surface area contributed by atoms with Crippen LogP contribution in [0.4, 0.5) is 13.2 Å². The minimum absolute atomic E-state index is 0.259. The van der Waals surface area contributed by atoms with Gasteiger partial charge in [-0.15, -0.1) is 11.3 Å². The lowest BCUT2D eigenvalue weighted by molar-refractivity contribution is 0.213. The third kappa shape index (κ3) is 2.21. The number of benzene rings is 1. The van der Waals surface area contributed by atoms with E-state index in [2.05, 4.69) is 0 Å². The number of halogens is 3. The molecule has 90 valence electrons. The molecular formula is C12H9F3OS. The second-order valence-corrected chi connectivity index (χ2v) is 4.74. The summed E-state index contributed by atoms with van der Waals surface area (Å²) in [6.07, 6.45) is -1.28. The number of aryl methyl sites for hydroxylation is 1. The molecule has 1 atom stereocenters. The first-order chi connectivity index (χ1) is 8.00. The Morgan fingerprint density at radius 3 is 2.29 bits per heavy atom. The normalized spacial score (nSPS) is 12.8. The first-order valence-corrected chi connectivity index (χ1v) is 5.75. The van der Waals surface area contributed by atoms with E-state index in [-0.39, 0.29) is 5.56 Å². The summed E-state index contributed by atoms with van der Waals surface area (Å²) in [4.78, 5) is 0.807. The van der Waals surface area contributed by atoms with Crippen molar-refractivity contribution in [2.75, 3.05) is 0 Å². The lowest BCUT2D eigenvalue weighted by atomic mass is 10.0. The standard InChI is InChI=1S/C12H9F3OS/c1-6-7(2-3-17-6)12(16)8-4-10(14)11(15)5-9(8)13/h2-5,12,16H,1H3. The van der Waals surface area contributed by atoms with Crippen LogP contribution in [-0.4, -0.2) is 5.11 Å². The molecule has 0 aliphatic rings. The van der Waals surface area contributed by atoms with Crippen molar-refractivity contribution in [2.24, 2.45) is 0 Å². The monoisotopic (exact) mass is 258 g/mol. The van der Waals surface area contributed by atoms with Gasteiger partial charge in [-0.1, -0.05) is 0 Å². The van der Waals surface area contributed by atoms with Gasteiger partial charge in [-0.3, -0.25) is 0 Å². The molecule has 2 rings (SSSR count). The molecule has 0 bridgehead atoms. The fourth-order valence-corrected chi connectivity index (χ4v) is 2.33. The molecule has 17 heavy (non-hydrogen) atoms. The molecule has 0 radical (unpaired) electrons. The highest BCUT2D eigenvalue weighted by Crippen LogP contribution is 2.30. The Bertz CT molecular complexity index is 551. The Morgan fingerprint density at radius 2 is 1.71 bits per heavy atom. The van der Waals surface area contributed by atoms with Crippen LogP contribution < -0.4 is 0 Å². The number of aliphatic hydroxyl groups is 1. The van der Waals surface area contributed by atoms with E-state index in [1.54, 1.807) is 18.4 Å². The summed E-state index contributed by atoms with van der Waals surface area (Å²) in [5.74, 6) is -3.39. The Kier molecular flexibility index (Phi) is 3.22. The fraction of sp³-hybridized carbons (Fsp3) is 0.167. The smallest absolute Gasteiger partial charge is 0.161 e. The maximum Gasteiger partial charge on any atom is 0.161 e. The summed E-state index contributed by atoms with van der Waals surface area (Å²) in [5, 5.41) is 11.7. The first-order valence-electron chi connectivity index (χ1n) is 4.87. The van der Waals surface area contributed by atoms with Crippen molar-refractivity contribution in [3.8, 4) is 0 Å². The van der Waals surface area contributed by atoms with Crippen molar-refractivity contribution >= 4 is 11.3 Å². The molecule has 0 saturated heterocycles. The van der Waals surface area contributed by atoms with Crippen LogP contribution in [0.25, 0.3) is 0 Å². The molecule has 0 saturated carbocycles. The van der Waals surface area contributed by atoms with E-state index < -0.39 is 23.6 Å². The minimum atomic E-state index is -1.28. The molecule has 1 nitrogen and oxygen atoms in total. The zero-order valence-corrected chi connectivity index (χ0v) is 9.69. The van der Waals surface area contributed by atoms with Crippen molar-refractivity contribution in [1.29, 1.82) is 0 Å². The van der Waals surface area contributed by atoms with E-state index in [1.165, 1.54) is 11.3 Å². The van der Waals surface area contributed by atoms with E-state index >= 15 is 0 Å². The van der Waals surface area contributed by atoms with E-state index in [1.807, 2.05) is 0 Å². The van der Waals surface area contributed by atoms with Crippen molar-refractivity contribution in [3.05, 3.63) is 57.0 Å². The molecule has 0 aliphatic carbocycles. The van der Waals surface area contributed by atoms with Crippen LogP contribution in [0, 0.1) is 24.4 Å². The molecule has 1 unspecified atom stereocenters. The van der Waals surface area contributed by atoms with Gasteiger partial charge in [-0.2, -0.15) is 0 Å². The van der Waals surface area contributed by atoms with Crippen LogP contribution in [0.1, 0.15) is 22.1 Å². The Morgan fingerprint density at radius 1 is 1.06 bits per heavy atom. The van der Waals surface area contributed by atoms with Crippen LogP contribution in [0.5, 0.6) is 0 Å². The number of thiophene rings is 1. The lowest BCUT2D eigenvalue weighted by Crippen LogP contribution is -2.04. The number of hydrogen-bond acceptors (Lipinski definition) is 2. The maximum atomic E-state index is 13.4. The average Bonchev–Trinajstić information content (AvgIpc) is 2.69. The highest BCUT2D eigenvalue weighted by Gasteiger charge is 2.20. The summed E-state index contributed by atoms with van der Waals surface area (Å²) >= 11 is 1.39. The third-order valence-corrected chi connectivity index (χ3v) is 3.39. The van der Waals surface area contributed by atoms with Gasteiger partial charge in [0.25, 0.3) is 0 Å². The largest absolute Gasteiger partial charge is 0.384 e. The highest BCUT2D eigenvalue weighted by atomic mass is 32.1. The summed E-state index contributed by atoms with van der Waals surface area (Å²) < 4.78 is 39.2. The van der Waals surface area contributed by atoms with Crippen molar-refractivity contribution in [3.63, 3.8) is 0 Å². The summed E-state index contributed by atoms with van der Waals surface area (Å²) in [7, 11) is 0. The molecule has 1 heterocycles. The van der Waals surface area contributed by atoms with Gasteiger partial charge in [0.15, 0.2) is 11.6 Å². The zero-order chi connectivity index (χ0) is 12.6. The van der Waals surface area contributed by atoms with Crippen LogP contribution in [-0.2, 0) is 0 Å². The Labute approximate surface area is 100 Å². The van der Waals surface area contributed by atoms with E-state index in [0.717, 1.165) is 4.88 Å². The van der Waals surface area contributed by atoms with Crippen molar-refractivity contribution in [1.82, 2.24) is 0 Å². The van der Waals surface area contributed by atoms with Crippen molar-refractivity contribution < 1.29 is 18.3 Å². The number of aliphatic hydroxyl groups excluding tert-OH is 1. The summed E-state index contributed by atoms with van der Waals surface area (Å²) in [5.41, 5.74) is 0.241. The molecule has 5 heteroatoms. The van der Waals surface area contributed by atoms with Crippen LogP contribution in [0.2, 0.25) is 0 Å².